The first-order chi connectivity index (χ1) is 26.6. The third-order valence-corrected chi connectivity index (χ3v) is 12.4. The van der Waals surface area contributed by atoms with E-state index in [9.17, 15) is 0 Å². The van der Waals surface area contributed by atoms with Crippen molar-refractivity contribution in [3.8, 4) is 33.4 Å². The molecule has 0 bridgehead atoms. The molecule has 0 radical (unpaired) electrons. The van der Waals surface area contributed by atoms with Crippen LogP contribution in [0, 0.1) is 5.92 Å². The van der Waals surface area contributed by atoms with Gasteiger partial charge in [-0.15, -0.1) is 11.3 Å². The molecule has 1 nitrogen and oxygen atoms in total. The van der Waals surface area contributed by atoms with Gasteiger partial charge >= 0.3 is 0 Å². The third-order valence-electron chi connectivity index (χ3n) is 11.3. The number of fused-ring (bicyclic) bond motifs is 3. The quantitative estimate of drug-likeness (QED) is 0.156. The van der Waals surface area contributed by atoms with Gasteiger partial charge in [-0.3, -0.25) is 4.99 Å². The number of hydrogen-bond donors (Lipinski definition) is 0. The fraction of sp³-hybridized carbons (Fsp3) is 0.135. The lowest BCUT2D eigenvalue weighted by Crippen LogP contribution is -2.19. The molecule has 8 aromatic rings. The molecular weight excluding hydrogens is 671 g/mol. The molecule has 0 N–H and O–H groups in total. The van der Waals surface area contributed by atoms with Gasteiger partial charge in [0.15, 0.2) is 0 Å². The van der Waals surface area contributed by atoms with Crippen molar-refractivity contribution in [2.75, 3.05) is 0 Å². The normalized spacial score (nSPS) is 18.6. The minimum absolute atomic E-state index is 0.0270. The SMILES string of the molecule is CCC1/C(c2ccc(-c3cccc(-c4ccc(-c5ccccc5)cc4)c3)cc2)=C(\C)CC/C(c2ccc3c(c2)sc2ccccc23)=N\C1c1ccccc1. The minimum Gasteiger partial charge on any atom is -0.280 e. The van der Waals surface area contributed by atoms with Gasteiger partial charge < -0.3 is 0 Å². The van der Waals surface area contributed by atoms with Crippen molar-refractivity contribution in [3.05, 3.63) is 198 Å². The van der Waals surface area contributed by atoms with E-state index in [4.69, 9.17) is 4.99 Å². The number of allylic oxidation sites excluding steroid dienone is 1. The summed E-state index contributed by atoms with van der Waals surface area (Å²) in [6, 6.07) is 64.5. The molecular formula is C52H43NS. The Morgan fingerprint density at radius 1 is 0.481 bits per heavy atom. The summed E-state index contributed by atoms with van der Waals surface area (Å²) in [5.74, 6) is 0.254. The first kappa shape index (κ1) is 34.0. The van der Waals surface area contributed by atoms with Crippen molar-refractivity contribution in [3.63, 3.8) is 0 Å². The van der Waals surface area contributed by atoms with Crippen LogP contribution in [0.3, 0.4) is 0 Å². The number of hydrogen-bond acceptors (Lipinski definition) is 2. The van der Waals surface area contributed by atoms with E-state index < -0.39 is 0 Å². The van der Waals surface area contributed by atoms with Crippen LogP contribution in [-0.4, -0.2) is 5.71 Å². The number of aliphatic imine (C=N–C) groups is 1. The molecule has 0 saturated heterocycles. The van der Waals surface area contributed by atoms with E-state index in [1.54, 1.807) is 0 Å². The maximum atomic E-state index is 5.71. The largest absolute Gasteiger partial charge is 0.280 e. The highest BCUT2D eigenvalue weighted by Crippen LogP contribution is 2.44. The molecule has 54 heavy (non-hydrogen) atoms. The van der Waals surface area contributed by atoms with Gasteiger partial charge in [-0.05, 0) is 100 Å². The lowest BCUT2D eigenvalue weighted by atomic mass is 9.77. The van der Waals surface area contributed by atoms with Crippen molar-refractivity contribution in [2.45, 2.75) is 39.2 Å². The molecule has 262 valence electrons. The monoisotopic (exact) mass is 713 g/mol. The van der Waals surface area contributed by atoms with Crippen LogP contribution >= 0.6 is 11.3 Å². The fourth-order valence-corrected chi connectivity index (χ4v) is 9.56. The predicted octanol–water partition coefficient (Wildman–Crippen LogP) is 14.9. The summed E-state index contributed by atoms with van der Waals surface area (Å²) in [7, 11) is 0. The lowest BCUT2D eigenvalue weighted by Gasteiger charge is -2.31. The number of nitrogens with zero attached hydrogens (tertiary/aromatic N) is 1. The van der Waals surface area contributed by atoms with E-state index >= 15 is 0 Å². The second-order valence-electron chi connectivity index (χ2n) is 14.6. The number of benzene rings is 7. The maximum absolute atomic E-state index is 5.71. The van der Waals surface area contributed by atoms with Crippen molar-refractivity contribution in [1.29, 1.82) is 0 Å². The Hall–Kier alpha value is -5.83. The van der Waals surface area contributed by atoms with E-state index in [2.05, 4.69) is 190 Å². The summed E-state index contributed by atoms with van der Waals surface area (Å²) in [4.78, 5) is 5.71. The van der Waals surface area contributed by atoms with Gasteiger partial charge in [0.25, 0.3) is 0 Å². The zero-order chi connectivity index (χ0) is 36.4. The standard InChI is InChI=1S/C52H43NS/c1-3-45-51(40-28-26-39(27-29-40)43-18-12-17-42(33-43)38-24-22-37(23-25-38)36-13-6-4-7-14-36)35(2)21-32-48(53-52(45)41-15-8-5-9-16-41)44-30-31-47-46-19-10-11-20-49(46)54-50(47)34-44/h4-20,22-31,33-34,45,52H,3,21,32H2,1-2H3/b51-35+,53-48+. The molecule has 2 heteroatoms. The maximum Gasteiger partial charge on any atom is 0.0821 e. The summed E-state index contributed by atoms with van der Waals surface area (Å²) in [6.07, 6.45) is 2.91. The van der Waals surface area contributed by atoms with Crippen molar-refractivity contribution >= 4 is 42.8 Å². The number of thiophene rings is 1. The molecule has 9 rings (SSSR count). The molecule has 2 atom stereocenters. The Morgan fingerprint density at radius 3 is 1.70 bits per heavy atom. The van der Waals surface area contributed by atoms with Gasteiger partial charge in [-0.2, -0.15) is 0 Å². The highest BCUT2D eigenvalue weighted by Gasteiger charge is 2.30. The average molecular weight is 714 g/mol. The van der Waals surface area contributed by atoms with Crippen molar-refractivity contribution in [1.82, 2.24) is 0 Å². The molecule has 0 amide bonds. The van der Waals surface area contributed by atoms with Gasteiger partial charge in [0.05, 0.1) is 6.04 Å². The third kappa shape index (κ3) is 6.63. The molecule has 2 unspecified atom stereocenters. The minimum atomic E-state index is 0.0270. The summed E-state index contributed by atoms with van der Waals surface area (Å²) < 4.78 is 2.68. The summed E-state index contributed by atoms with van der Waals surface area (Å²) >= 11 is 1.88. The van der Waals surface area contributed by atoms with E-state index in [0.29, 0.717) is 0 Å². The Labute approximate surface area is 323 Å². The summed E-state index contributed by atoms with van der Waals surface area (Å²) in [5.41, 5.74) is 15.4. The molecule has 1 aliphatic rings. The van der Waals surface area contributed by atoms with E-state index in [1.807, 2.05) is 11.3 Å². The van der Waals surface area contributed by atoms with Crippen LogP contribution in [-0.2, 0) is 0 Å². The summed E-state index contributed by atoms with van der Waals surface area (Å²) in [5, 5.41) is 2.68. The Balaban J connectivity index is 1.03. The van der Waals surface area contributed by atoms with Crippen LogP contribution in [0.4, 0.5) is 0 Å². The van der Waals surface area contributed by atoms with Gasteiger partial charge in [0.1, 0.15) is 0 Å². The van der Waals surface area contributed by atoms with Gasteiger partial charge in [-0.1, -0.05) is 170 Å². The zero-order valence-corrected chi connectivity index (χ0v) is 31.7. The highest BCUT2D eigenvalue weighted by molar-refractivity contribution is 7.25. The molecule has 0 spiro atoms. The average Bonchev–Trinajstić information content (AvgIpc) is 3.61. The lowest BCUT2D eigenvalue weighted by molar-refractivity contribution is 0.516. The Kier molecular flexibility index (Phi) is 9.37. The Morgan fingerprint density at radius 2 is 1.02 bits per heavy atom. The highest BCUT2D eigenvalue weighted by atomic mass is 32.1. The number of rotatable bonds is 7. The van der Waals surface area contributed by atoms with Crippen LogP contribution in [0.15, 0.2) is 186 Å². The van der Waals surface area contributed by atoms with Crippen LogP contribution in [0.2, 0.25) is 0 Å². The molecule has 0 saturated carbocycles. The molecule has 2 heterocycles. The van der Waals surface area contributed by atoms with E-state index in [0.717, 1.165) is 19.3 Å². The van der Waals surface area contributed by atoms with E-state index in [-0.39, 0.29) is 12.0 Å². The van der Waals surface area contributed by atoms with E-state index in [1.165, 1.54) is 87.1 Å². The molecule has 1 aliphatic heterocycles. The summed E-state index contributed by atoms with van der Waals surface area (Å²) in [6.45, 7) is 4.69. The predicted molar refractivity (Wildman–Crippen MR) is 233 cm³/mol. The molecule has 1 aromatic heterocycles. The first-order valence-electron chi connectivity index (χ1n) is 19.2. The Bertz CT molecular complexity index is 2630. The fourth-order valence-electron chi connectivity index (χ4n) is 8.41. The molecule has 0 fully saturated rings. The van der Waals surface area contributed by atoms with Crippen LogP contribution in [0.25, 0.3) is 59.1 Å². The molecule has 7 aromatic carbocycles. The van der Waals surface area contributed by atoms with Crippen LogP contribution in [0.1, 0.15) is 55.8 Å². The van der Waals surface area contributed by atoms with Crippen molar-refractivity contribution < 1.29 is 0 Å². The van der Waals surface area contributed by atoms with Gasteiger partial charge in [0, 0.05) is 31.8 Å². The van der Waals surface area contributed by atoms with Gasteiger partial charge in [-0.25, -0.2) is 0 Å². The zero-order valence-electron chi connectivity index (χ0n) is 30.9. The van der Waals surface area contributed by atoms with Gasteiger partial charge in [0.2, 0.25) is 0 Å². The van der Waals surface area contributed by atoms with Crippen molar-refractivity contribution in [2.24, 2.45) is 10.9 Å². The first-order valence-corrected chi connectivity index (χ1v) is 20.0. The second kappa shape index (κ2) is 14.9. The molecule has 0 aliphatic carbocycles. The van der Waals surface area contributed by atoms with Crippen LogP contribution < -0.4 is 0 Å². The second-order valence-corrected chi connectivity index (χ2v) is 15.6. The van der Waals surface area contributed by atoms with Crippen LogP contribution in [0.5, 0.6) is 0 Å². The topological polar surface area (TPSA) is 12.4 Å². The smallest absolute Gasteiger partial charge is 0.0821 e.